The van der Waals surface area contributed by atoms with Gasteiger partial charge in [0.25, 0.3) is 17.4 Å². The predicted octanol–water partition coefficient (Wildman–Crippen LogP) is 5.85. The summed E-state index contributed by atoms with van der Waals surface area (Å²) in [7, 11) is 0. The van der Waals surface area contributed by atoms with E-state index in [1.165, 1.54) is 12.5 Å². The maximum absolute atomic E-state index is 12.9. The number of pyridine rings is 1. The minimum Gasteiger partial charge on any atom is -0.448 e. The monoisotopic (exact) mass is 474 g/mol. The number of nitro benzene ring substituents is 1. The van der Waals surface area contributed by atoms with Gasteiger partial charge in [-0.2, -0.15) is 0 Å². The molecular weight excluding hydrogens is 448 g/mol. The normalized spacial score (nSPS) is 16.5. The third-order valence-electron chi connectivity index (χ3n) is 6.37. The fraction of sp³-hybridized carbons (Fsp3) is 0.308. The van der Waals surface area contributed by atoms with Gasteiger partial charge in [0.15, 0.2) is 11.5 Å². The summed E-state index contributed by atoms with van der Waals surface area (Å²) in [6.07, 6.45) is 6.64. The quantitative estimate of drug-likeness (QED) is 0.340. The van der Waals surface area contributed by atoms with Crippen LogP contribution < -0.4 is 20.1 Å². The van der Waals surface area contributed by atoms with E-state index in [-0.39, 0.29) is 17.3 Å². The topological polar surface area (TPSA) is 116 Å². The summed E-state index contributed by atoms with van der Waals surface area (Å²) in [4.78, 5) is 28.4. The molecule has 1 aromatic heterocycles. The summed E-state index contributed by atoms with van der Waals surface area (Å²) in [5.74, 6) is 0.208. The van der Waals surface area contributed by atoms with Gasteiger partial charge in [-0.3, -0.25) is 19.9 Å². The highest BCUT2D eigenvalue weighted by atomic mass is 16.7. The number of carbonyl (C=O) groups is 1. The molecule has 1 aliphatic heterocycles. The van der Waals surface area contributed by atoms with Crippen molar-refractivity contribution in [2.45, 2.75) is 50.9 Å². The molecule has 1 amide bonds. The lowest BCUT2D eigenvalue weighted by Crippen LogP contribution is -2.40. The van der Waals surface area contributed by atoms with Crippen molar-refractivity contribution in [2.75, 3.05) is 10.6 Å². The summed E-state index contributed by atoms with van der Waals surface area (Å²) < 4.78 is 12.2. The van der Waals surface area contributed by atoms with Gasteiger partial charge in [-0.1, -0.05) is 12.5 Å². The molecule has 2 aromatic carbocycles. The number of amides is 1. The second kappa shape index (κ2) is 9.25. The molecule has 1 aliphatic carbocycles. The van der Waals surface area contributed by atoms with Gasteiger partial charge in [-0.15, -0.1) is 0 Å². The van der Waals surface area contributed by atoms with E-state index in [0.717, 1.165) is 31.4 Å². The molecule has 0 radical (unpaired) electrons. The molecular formula is C26H26N4O5. The molecule has 1 spiro atoms. The Labute approximate surface area is 202 Å². The lowest BCUT2D eigenvalue weighted by atomic mass is 9.94. The van der Waals surface area contributed by atoms with Crippen LogP contribution in [0.25, 0.3) is 0 Å². The summed E-state index contributed by atoms with van der Waals surface area (Å²) in [6, 6.07) is 14.9. The second-order valence-electron chi connectivity index (χ2n) is 8.90. The van der Waals surface area contributed by atoms with Crippen LogP contribution in [-0.4, -0.2) is 21.6 Å². The van der Waals surface area contributed by atoms with Crippen LogP contribution >= 0.6 is 0 Å². The summed E-state index contributed by atoms with van der Waals surface area (Å²) in [5.41, 5.74) is 1.57. The first-order valence-electron chi connectivity index (χ1n) is 11.7. The van der Waals surface area contributed by atoms with E-state index >= 15 is 0 Å². The Bertz CT molecular complexity index is 1260. The zero-order valence-electron chi connectivity index (χ0n) is 19.3. The highest BCUT2D eigenvalue weighted by Gasteiger charge is 2.42. The first-order chi connectivity index (χ1) is 16.9. The van der Waals surface area contributed by atoms with E-state index < -0.39 is 16.6 Å². The Hall–Kier alpha value is -4.14. The fourth-order valence-corrected chi connectivity index (χ4v) is 4.55. The second-order valence-corrected chi connectivity index (χ2v) is 8.90. The Morgan fingerprint density at radius 3 is 2.60 bits per heavy atom. The van der Waals surface area contributed by atoms with Gasteiger partial charge in [0.2, 0.25) is 0 Å². The first-order valence-corrected chi connectivity index (χ1v) is 11.7. The Balaban J connectivity index is 1.31. The minimum absolute atomic E-state index is 0.175. The smallest absolute Gasteiger partial charge is 0.293 e. The number of benzene rings is 2. The van der Waals surface area contributed by atoms with Gasteiger partial charge in [-0.05, 0) is 56.2 Å². The lowest BCUT2D eigenvalue weighted by Gasteiger charge is -2.31. The van der Waals surface area contributed by atoms with Gasteiger partial charge < -0.3 is 20.1 Å². The maximum atomic E-state index is 12.9. The molecule has 9 heteroatoms. The molecule has 9 nitrogen and oxygen atoms in total. The third-order valence-corrected chi connectivity index (χ3v) is 6.37. The van der Waals surface area contributed by atoms with Gasteiger partial charge in [0.05, 0.1) is 16.7 Å². The predicted molar refractivity (Wildman–Crippen MR) is 131 cm³/mol. The minimum atomic E-state index is -0.598. The molecule has 5 rings (SSSR count). The number of nitro groups is 1. The lowest BCUT2D eigenvalue weighted by molar-refractivity contribution is -0.384. The van der Waals surface area contributed by atoms with Crippen molar-refractivity contribution in [3.63, 3.8) is 0 Å². The molecule has 2 aliphatic rings. The van der Waals surface area contributed by atoms with Crippen LogP contribution in [0.4, 0.5) is 17.1 Å². The largest absolute Gasteiger partial charge is 0.448 e. The summed E-state index contributed by atoms with van der Waals surface area (Å²) >= 11 is 0. The van der Waals surface area contributed by atoms with Crippen molar-refractivity contribution in [3.8, 4) is 11.5 Å². The van der Waals surface area contributed by atoms with Crippen molar-refractivity contribution < 1.29 is 19.2 Å². The van der Waals surface area contributed by atoms with E-state index in [4.69, 9.17) is 9.47 Å². The SMILES string of the molecule is CC(Nc1ccc(C(=O)Nc2ccc3c(c2)OC2(CCCCC2)O3)cc1[N+](=O)[O-])c1ccccn1. The van der Waals surface area contributed by atoms with Crippen LogP contribution in [0.15, 0.2) is 60.8 Å². The Kier molecular flexibility index (Phi) is 5.98. The molecule has 0 saturated heterocycles. The van der Waals surface area contributed by atoms with Crippen LogP contribution in [0.3, 0.4) is 0 Å². The molecule has 180 valence electrons. The average molecular weight is 475 g/mol. The highest BCUT2D eigenvalue weighted by molar-refractivity contribution is 6.05. The van der Waals surface area contributed by atoms with Crippen LogP contribution in [-0.2, 0) is 0 Å². The molecule has 1 fully saturated rings. The number of aromatic nitrogens is 1. The summed E-state index contributed by atoms with van der Waals surface area (Å²) in [5, 5.41) is 17.7. The first kappa shape index (κ1) is 22.6. The van der Waals surface area contributed by atoms with E-state index in [2.05, 4.69) is 15.6 Å². The van der Waals surface area contributed by atoms with Gasteiger partial charge in [0, 0.05) is 42.4 Å². The Morgan fingerprint density at radius 2 is 1.86 bits per heavy atom. The third kappa shape index (κ3) is 4.75. The molecule has 2 N–H and O–H groups in total. The van der Waals surface area contributed by atoms with E-state index in [0.29, 0.717) is 22.9 Å². The molecule has 1 unspecified atom stereocenters. The van der Waals surface area contributed by atoms with Crippen molar-refractivity contribution in [1.82, 2.24) is 4.98 Å². The van der Waals surface area contributed by atoms with Crippen LogP contribution in [0.2, 0.25) is 0 Å². The molecule has 1 atom stereocenters. The number of hydrogen-bond acceptors (Lipinski definition) is 7. The Morgan fingerprint density at radius 1 is 1.06 bits per heavy atom. The number of anilines is 2. The van der Waals surface area contributed by atoms with E-state index in [1.807, 2.05) is 19.1 Å². The van der Waals surface area contributed by atoms with Crippen LogP contribution in [0.1, 0.15) is 61.1 Å². The van der Waals surface area contributed by atoms with E-state index in [9.17, 15) is 14.9 Å². The number of nitrogens with one attached hydrogen (secondary N) is 2. The number of nitrogens with zero attached hydrogens (tertiary/aromatic N) is 2. The standard InChI is InChI=1S/C26H26N4O5/c1-17(20-7-3-6-14-27-20)28-21-10-8-18(15-22(21)30(32)33)25(31)29-19-9-11-23-24(16-19)35-26(34-23)12-4-2-5-13-26/h3,6-11,14-17,28H,2,4-5,12-13H2,1H3,(H,29,31). The van der Waals surface area contributed by atoms with E-state index in [1.54, 1.807) is 42.6 Å². The average Bonchev–Trinajstić information content (AvgIpc) is 3.21. The summed E-state index contributed by atoms with van der Waals surface area (Å²) in [6.45, 7) is 1.86. The molecule has 1 saturated carbocycles. The molecule has 3 aromatic rings. The maximum Gasteiger partial charge on any atom is 0.293 e. The van der Waals surface area contributed by atoms with Crippen molar-refractivity contribution >= 4 is 23.0 Å². The fourth-order valence-electron chi connectivity index (χ4n) is 4.55. The number of carbonyl (C=O) groups excluding carboxylic acids is 1. The molecule has 35 heavy (non-hydrogen) atoms. The van der Waals surface area contributed by atoms with Gasteiger partial charge in [0.1, 0.15) is 5.69 Å². The van der Waals surface area contributed by atoms with Crippen molar-refractivity contribution in [3.05, 3.63) is 82.2 Å². The zero-order valence-corrected chi connectivity index (χ0v) is 19.3. The number of ether oxygens (including phenoxy) is 2. The highest BCUT2D eigenvalue weighted by Crippen LogP contribution is 2.46. The van der Waals surface area contributed by atoms with Gasteiger partial charge >= 0.3 is 0 Å². The molecule has 2 heterocycles. The number of rotatable bonds is 6. The molecule has 0 bridgehead atoms. The zero-order chi connectivity index (χ0) is 24.4. The number of hydrogen-bond donors (Lipinski definition) is 2. The van der Waals surface area contributed by atoms with Crippen LogP contribution in [0.5, 0.6) is 11.5 Å². The van der Waals surface area contributed by atoms with Crippen molar-refractivity contribution in [1.29, 1.82) is 0 Å². The number of fused-ring (bicyclic) bond motifs is 1. The van der Waals surface area contributed by atoms with Crippen molar-refractivity contribution in [2.24, 2.45) is 0 Å². The van der Waals surface area contributed by atoms with Gasteiger partial charge in [-0.25, -0.2) is 0 Å². The van der Waals surface area contributed by atoms with Crippen LogP contribution in [0, 0.1) is 10.1 Å².